The van der Waals surface area contributed by atoms with Gasteiger partial charge in [0.2, 0.25) is 0 Å². The SMILES string of the molecule is NC1CCc2cc([C@H]3CC[C@@](N)(CO)C3)ccc2C1. The Hall–Kier alpha value is -0.900. The highest BCUT2D eigenvalue weighted by Gasteiger charge is 2.36. The van der Waals surface area contributed by atoms with Gasteiger partial charge in [-0.2, -0.15) is 0 Å². The first-order chi connectivity index (χ1) is 9.09. The fourth-order valence-electron chi connectivity index (χ4n) is 3.64. The maximum Gasteiger partial charge on any atom is 0.0611 e. The van der Waals surface area contributed by atoms with Crippen molar-refractivity contribution in [2.45, 2.75) is 56.0 Å². The lowest BCUT2D eigenvalue weighted by atomic mass is 9.85. The lowest BCUT2D eigenvalue weighted by molar-refractivity contribution is 0.198. The van der Waals surface area contributed by atoms with Crippen LogP contribution in [0.5, 0.6) is 0 Å². The van der Waals surface area contributed by atoms with Crippen LogP contribution in [-0.4, -0.2) is 23.3 Å². The van der Waals surface area contributed by atoms with Crippen LogP contribution in [0.2, 0.25) is 0 Å². The summed E-state index contributed by atoms with van der Waals surface area (Å²) in [6.07, 6.45) is 6.13. The summed E-state index contributed by atoms with van der Waals surface area (Å²) < 4.78 is 0. The summed E-state index contributed by atoms with van der Waals surface area (Å²) in [5.41, 5.74) is 16.1. The average Bonchev–Trinajstić information content (AvgIpc) is 2.82. The zero-order valence-electron chi connectivity index (χ0n) is 11.4. The molecule has 0 aliphatic heterocycles. The number of hydrogen-bond acceptors (Lipinski definition) is 3. The van der Waals surface area contributed by atoms with Crippen molar-refractivity contribution >= 4 is 0 Å². The van der Waals surface area contributed by atoms with Gasteiger partial charge in [-0.15, -0.1) is 0 Å². The molecule has 0 amide bonds. The van der Waals surface area contributed by atoms with Crippen molar-refractivity contribution in [2.75, 3.05) is 6.61 Å². The Bertz CT molecular complexity index is 474. The Kier molecular flexibility index (Phi) is 3.37. The van der Waals surface area contributed by atoms with Crippen LogP contribution < -0.4 is 11.5 Å². The van der Waals surface area contributed by atoms with E-state index in [0.29, 0.717) is 12.0 Å². The molecule has 1 unspecified atom stereocenters. The van der Waals surface area contributed by atoms with Gasteiger partial charge < -0.3 is 16.6 Å². The van der Waals surface area contributed by atoms with E-state index in [4.69, 9.17) is 11.5 Å². The molecule has 0 heterocycles. The third-order valence-electron chi connectivity index (χ3n) is 4.93. The molecule has 2 aliphatic carbocycles. The monoisotopic (exact) mass is 260 g/mol. The predicted molar refractivity (Wildman–Crippen MR) is 77.0 cm³/mol. The van der Waals surface area contributed by atoms with Gasteiger partial charge in [-0.1, -0.05) is 18.2 Å². The molecule has 1 saturated carbocycles. The van der Waals surface area contributed by atoms with E-state index in [0.717, 1.165) is 38.5 Å². The minimum Gasteiger partial charge on any atom is -0.394 e. The van der Waals surface area contributed by atoms with Gasteiger partial charge in [-0.25, -0.2) is 0 Å². The molecule has 104 valence electrons. The average molecular weight is 260 g/mol. The van der Waals surface area contributed by atoms with Gasteiger partial charge in [-0.05, 0) is 61.1 Å². The summed E-state index contributed by atoms with van der Waals surface area (Å²) in [5.74, 6) is 0.512. The van der Waals surface area contributed by atoms with Crippen molar-refractivity contribution in [1.29, 1.82) is 0 Å². The molecule has 0 bridgehead atoms. The number of hydrogen-bond donors (Lipinski definition) is 3. The molecule has 2 aliphatic rings. The van der Waals surface area contributed by atoms with Crippen LogP contribution in [-0.2, 0) is 12.8 Å². The first-order valence-electron chi connectivity index (χ1n) is 7.37. The van der Waals surface area contributed by atoms with Crippen molar-refractivity contribution in [3.8, 4) is 0 Å². The lowest BCUT2D eigenvalue weighted by Crippen LogP contribution is -2.40. The number of benzene rings is 1. The molecule has 1 aromatic carbocycles. The summed E-state index contributed by atoms with van der Waals surface area (Å²) >= 11 is 0. The third kappa shape index (κ3) is 2.55. The van der Waals surface area contributed by atoms with Gasteiger partial charge >= 0.3 is 0 Å². The maximum absolute atomic E-state index is 9.37. The molecule has 3 nitrogen and oxygen atoms in total. The van der Waals surface area contributed by atoms with Crippen LogP contribution in [0.25, 0.3) is 0 Å². The van der Waals surface area contributed by atoms with Crippen LogP contribution in [0, 0.1) is 0 Å². The van der Waals surface area contributed by atoms with E-state index in [2.05, 4.69) is 18.2 Å². The topological polar surface area (TPSA) is 72.3 Å². The Labute approximate surface area is 115 Å². The normalized spacial score (nSPS) is 34.3. The molecule has 19 heavy (non-hydrogen) atoms. The largest absolute Gasteiger partial charge is 0.394 e. The number of aliphatic hydroxyl groups excluding tert-OH is 1. The van der Waals surface area contributed by atoms with Crippen molar-refractivity contribution in [3.05, 3.63) is 34.9 Å². The summed E-state index contributed by atoms with van der Waals surface area (Å²) in [5, 5.41) is 9.37. The van der Waals surface area contributed by atoms with Gasteiger partial charge in [0.15, 0.2) is 0 Å². The van der Waals surface area contributed by atoms with E-state index >= 15 is 0 Å². The van der Waals surface area contributed by atoms with E-state index in [1.807, 2.05) is 0 Å². The minimum absolute atomic E-state index is 0.100. The van der Waals surface area contributed by atoms with E-state index in [-0.39, 0.29) is 12.1 Å². The van der Waals surface area contributed by atoms with Crippen molar-refractivity contribution in [2.24, 2.45) is 11.5 Å². The maximum atomic E-state index is 9.37. The molecule has 3 atom stereocenters. The zero-order chi connectivity index (χ0) is 13.5. The first kappa shape index (κ1) is 13.1. The standard InChI is InChI=1S/C16H24N2O/c17-15-4-3-11-7-12(1-2-13(11)8-15)14-5-6-16(18,9-14)10-19/h1-2,7,14-15,19H,3-6,8-10,17-18H2/t14-,15?,16-/m0/s1. The lowest BCUT2D eigenvalue weighted by Gasteiger charge is -2.24. The molecule has 1 aromatic rings. The highest BCUT2D eigenvalue weighted by atomic mass is 16.3. The number of aliphatic hydroxyl groups is 1. The second-order valence-corrected chi connectivity index (χ2v) is 6.49. The van der Waals surface area contributed by atoms with Crippen LogP contribution in [0.15, 0.2) is 18.2 Å². The fourth-order valence-corrected chi connectivity index (χ4v) is 3.64. The van der Waals surface area contributed by atoms with Crippen molar-refractivity contribution in [1.82, 2.24) is 0 Å². The molecule has 0 aromatic heterocycles. The van der Waals surface area contributed by atoms with Gasteiger partial charge in [-0.3, -0.25) is 0 Å². The molecular weight excluding hydrogens is 236 g/mol. The van der Waals surface area contributed by atoms with E-state index in [1.165, 1.54) is 16.7 Å². The third-order valence-corrected chi connectivity index (χ3v) is 4.93. The smallest absolute Gasteiger partial charge is 0.0611 e. The molecule has 0 saturated heterocycles. The summed E-state index contributed by atoms with van der Waals surface area (Å²) in [4.78, 5) is 0. The molecule has 1 fully saturated rings. The quantitative estimate of drug-likeness (QED) is 0.754. The Balaban J connectivity index is 1.80. The first-order valence-corrected chi connectivity index (χ1v) is 7.37. The highest BCUT2D eigenvalue weighted by Crippen LogP contribution is 2.40. The summed E-state index contributed by atoms with van der Waals surface area (Å²) in [6.45, 7) is 0.100. The van der Waals surface area contributed by atoms with Gasteiger partial charge in [0, 0.05) is 11.6 Å². The molecule has 0 radical (unpaired) electrons. The Morgan fingerprint density at radius 3 is 2.84 bits per heavy atom. The summed E-state index contributed by atoms with van der Waals surface area (Å²) in [6, 6.07) is 7.18. The molecule has 3 heteroatoms. The molecule has 5 N–H and O–H groups in total. The van der Waals surface area contributed by atoms with Crippen LogP contribution in [0.1, 0.15) is 48.3 Å². The van der Waals surface area contributed by atoms with E-state index in [1.54, 1.807) is 0 Å². The number of aryl methyl sites for hydroxylation is 1. The van der Waals surface area contributed by atoms with Crippen LogP contribution >= 0.6 is 0 Å². The number of fused-ring (bicyclic) bond motifs is 1. The molecule has 3 rings (SSSR count). The molecule has 0 spiro atoms. The molecular formula is C16H24N2O. The highest BCUT2D eigenvalue weighted by molar-refractivity contribution is 5.37. The zero-order valence-corrected chi connectivity index (χ0v) is 11.4. The Morgan fingerprint density at radius 2 is 2.11 bits per heavy atom. The Morgan fingerprint density at radius 1 is 1.26 bits per heavy atom. The summed E-state index contributed by atoms with van der Waals surface area (Å²) in [7, 11) is 0. The number of nitrogens with two attached hydrogens (primary N) is 2. The second-order valence-electron chi connectivity index (χ2n) is 6.49. The van der Waals surface area contributed by atoms with Crippen molar-refractivity contribution < 1.29 is 5.11 Å². The number of rotatable bonds is 2. The van der Waals surface area contributed by atoms with E-state index < -0.39 is 0 Å². The van der Waals surface area contributed by atoms with Crippen LogP contribution in [0.3, 0.4) is 0 Å². The van der Waals surface area contributed by atoms with Crippen molar-refractivity contribution in [3.63, 3.8) is 0 Å². The van der Waals surface area contributed by atoms with Gasteiger partial charge in [0.25, 0.3) is 0 Å². The van der Waals surface area contributed by atoms with Gasteiger partial charge in [0.1, 0.15) is 0 Å². The van der Waals surface area contributed by atoms with Crippen LogP contribution in [0.4, 0.5) is 0 Å². The van der Waals surface area contributed by atoms with Gasteiger partial charge in [0.05, 0.1) is 6.61 Å². The fraction of sp³-hybridized carbons (Fsp3) is 0.625. The predicted octanol–water partition coefficient (Wildman–Crippen LogP) is 1.46. The van der Waals surface area contributed by atoms with E-state index in [9.17, 15) is 5.11 Å². The minimum atomic E-state index is -0.358. The second kappa shape index (κ2) is 4.89.